The first-order valence-corrected chi connectivity index (χ1v) is 10.4. The van der Waals surface area contributed by atoms with Crippen molar-refractivity contribution in [2.75, 3.05) is 0 Å². The van der Waals surface area contributed by atoms with Gasteiger partial charge in [0, 0.05) is 23.7 Å². The van der Waals surface area contributed by atoms with Gasteiger partial charge in [0.2, 0.25) is 15.9 Å². The number of sulfonamides is 1. The molecule has 0 aliphatic carbocycles. The molecule has 0 aliphatic heterocycles. The van der Waals surface area contributed by atoms with Crippen LogP contribution in [0.4, 0.5) is 0 Å². The van der Waals surface area contributed by atoms with Gasteiger partial charge in [-0.15, -0.1) is 0 Å². The molecule has 0 radical (unpaired) electrons. The summed E-state index contributed by atoms with van der Waals surface area (Å²) in [6.07, 6.45) is 0. The number of halogens is 1. The van der Waals surface area contributed by atoms with Crippen molar-refractivity contribution in [1.29, 1.82) is 0 Å². The summed E-state index contributed by atoms with van der Waals surface area (Å²) in [5, 5.41) is 0.468. The standard InChI is InChI=1S/C21H19ClN2O3S/c22-19-10-12-20(13-11-19)28(26,27)24(14-16-4-2-1-3-5-16)15-17-6-8-18(9-7-17)21(23)25/h1-13H,14-15H2,(H2,23,25). The van der Waals surface area contributed by atoms with E-state index in [-0.39, 0.29) is 18.0 Å². The number of amides is 1. The van der Waals surface area contributed by atoms with Gasteiger partial charge >= 0.3 is 0 Å². The van der Waals surface area contributed by atoms with Crippen LogP contribution in [-0.4, -0.2) is 18.6 Å². The van der Waals surface area contributed by atoms with Crippen molar-refractivity contribution in [2.24, 2.45) is 5.73 Å². The largest absolute Gasteiger partial charge is 0.366 e. The molecule has 2 N–H and O–H groups in total. The lowest BCUT2D eigenvalue weighted by atomic mass is 10.1. The van der Waals surface area contributed by atoms with Gasteiger partial charge in [-0.25, -0.2) is 8.42 Å². The highest BCUT2D eigenvalue weighted by Crippen LogP contribution is 2.23. The van der Waals surface area contributed by atoms with Crippen molar-refractivity contribution in [3.05, 3.63) is 101 Å². The predicted molar refractivity (Wildman–Crippen MR) is 109 cm³/mol. The molecule has 0 atom stereocenters. The van der Waals surface area contributed by atoms with Gasteiger partial charge in [-0.3, -0.25) is 4.79 Å². The van der Waals surface area contributed by atoms with Crippen LogP contribution >= 0.6 is 11.6 Å². The van der Waals surface area contributed by atoms with E-state index in [1.54, 1.807) is 36.4 Å². The van der Waals surface area contributed by atoms with Crippen molar-refractivity contribution < 1.29 is 13.2 Å². The smallest absolute Gasteiger partial charge is 0.248 e. The fourth-order valence-corrected chi connectivity index (χ4v) is 4.29. The number of nitrogens with two attached hydrogens (primary N) is 1. The van der Waals surface area contributed by atoms with Gasteiger partial charge in [-0.2, -0.15) is 4.31 Å². The topological polar surface area (TPSA) is 80.5 Å². The third-order valence-electron chi connectivity index (χ3n) is 4.25. The van der Waals surface area contributed by atoms with E-state index >= 15 is 0 Å². The minimum absolute atomic E-state index is 0.152. The average molecular weight is 415 g/mol. The summed E-state index contributed by atoms with van der Waals surface area (Å²) in [6.45, 7) is 0.363. The molecule has 3 rings (SSSR count). The molecule has 7 heteroatoms. The monoisotopic (exact) mass is 414 g/mol. The summed E-state index contributed by atoms with van der Waals surface area (Å²) < 4.78 is 27.9. The molecule has 0 spiro atoms. The van der Waals surface area contributed by atoms with E-state index in [4.69, 9.17) is 17.3 Å². The normalized spacial score (nSPS) is 11.5. The summed E-state index contributed by atoms with van der Waals surface area (Å²) in [4.78, 5) is 11.4. The van der Waals surface area contributed by atoms with Gasteiger partial charge in [0.1, 0.15) is 0 Å². The molecule has 0 aromatic heterocycles. The van der Waals surface area contributed by atoms with E-state index in [1.807, 2.05) is 30.3 Å². The number of rotatable bonds is 7. The van der Waals surface area contributed by atoms with E-state index in [2.05, 4.69) is 0 Å². The van der Waals surface area contributed by atoms with Crippen LogP contribution in [0.5, 0.6) is 0 Å². The molecule has 0 saturated heterocycles. The quantitative estimate of drug-likeness (QED) is 0.638. The molecule has 5 nitrogen and oxygen atoms in total. The molecule has 0 fully saturated rings. The van der Waals surface area contributed by atoms with Gasteiger partial charge in [0.25, 0.3) is 0 Å². The Morgan fingerprint density at radius 2 is 1.36 bits per heavy atom. The molecule has 0 unspecified atom stereocenters. The fourth-order valence-electron chi connectivity index (χ4n) is 2.75. The van der Waals surface area contributed by atoms with Crippen LogP contribution in [0.1, 0.15) is 21.5 Å². The summed E-state index contributed by atoms with van der Waals surface area (Å²) >= 11 is 5.90. The summed E-state index contributed by atoms with van der Waals surface area (Å²) in [5.41, 5.74) is 7.26. The minimum atomic E-state index is -3.76. The number of carbonyl (C=O) groups excluding carboxylic acids is 1. The molecule has 3 aromatic carbocycles. The maximum absolute atomic E-state index is 13.2. The lowest BCUT2D eigenvalue weighted by molar-refractivity contribution is 0.1000. The summed E-state index contributed by atoms with van der Waals surface area (Å²) in [5.74, 6) is -0.526. The van der Waals surface area contributed by atoms with Crippen molar-refractivity contribution >= 4 is 27.5 Å². The van der Waals surface area contributed by atoms with E-state index in [9.17, 15) is 13.2 Å². The first-order chi connectivity index (χ1) is 13.4. The number of hydrogen-bond donors (Lipinski definition) is 1. The lowest BCUT2D eigenvalue weighted by Crippen LogP contribution is -2.30. The predicted octanol–water partition coefficient (Wildman–Crippen LogP) is 3.83. The number of primary amides is 1. The molecular formula is C21H19ClN2O3S. The van der Waals surface area contributed by atoms with Crippen molar-refractivity contribution in [2.45, 2.75) is 18.0 Å². The number of carbonyl (C=O) groups is 1. The van der Waals surface area contributed by atoms with Gasteiger partial charge in [-0.1, -0.05) is 54.1 Å². The Labute approximate surface area is 169 Å². The highest BCUT2D eigenvalue weighted by molar-refractivity contribution is 7.89. The summed E-state index contributed by atoms with van der Waals surface area (Å²) in [7, 11) is -3.76. The highest BCUT2D eigenvalue weighted by Gasteiger charge is 2.25. The van der Waals surface area contributed by atoms with Crippen molar-refractivity contribution in [1.82, 2.24) is 4.31 Å². The SMILES string of the molecule is NC(=O)c1ccc(CN(Cc2ccccc2)S(=O)(=O)c2ccc(Cl)cc2)cc1. The van der Waals surface area contributed by atoms with E-state index in [0.29, 0.717) is 10.6 Å². The molecule has 0 aliphatic rings. The molecule has 0 heterocycles. The van der Waals surface area contributed by atoms with E-state index < -0.39 is 15.9 Å². The fraction of sp³-hybridized carbons (Fsp3) is 0.0952. The van der Waals surface area contributed by atoms with Crippen LogP contribution in [0.25, 0.3) is 0 Å². The molecule has 1 amide bonds. The number of hydrogen-bond acceptors (Lipinski definition) is 3. The first-order valence-electron chi connectivity index (χ1n) is 8.54. The number of nitrogens with zero attached hydrogens (tertiary/aromatic N) is 1. The molecule has 144 valence electrons. The zero-order valence-corrected chi connectivity index (χ0v) is 16.5. The Hall–Kier alpha value is -2.67. The minimum Gasteiger partial charge on any atom is -0.366 e. The zero-order valence-electron chi connectivity index (χ0n) is 15.0. The third-order valence-corrected chi connectivity index (χ3v) is 6.31. The summed E-state index contributed by atoms with van der Waals surface area (Å²) in [6, 6.07) is 22.0. The molecule has 0 saturated carbocycles. The van der Waals surface area contributed by atoms with Gasteiger partial charge in [0.05, 0.1) is 4.90 Å². The molecule has 3 aromatic rings. The van der Waals surface area contributed by atoms with Gasteiger partial charge in [0.15, 0.2) is 0 Å². The zero-order chi connectivity index (χ0) is 20.1. The Balaban J connectivity index is 1.94. The molecule has 28 heavy (non-hydrogen) atoms. The second-order valence-electron chi connectivity index (χ2n) is 6.27. The Morgan fingerprint density at radius 1 is 0.821 bits per heavy atom. The highest BCUT2D eigenvalue weighted by atomic mass is 35.5. The second kappa shape index (κ2) is 8.56. The van der Waals surface area contributed by atoms with Crippen LogP contribution in [0.15, 0.2) is 83.8 Å². The van der Waals surface area contributed by atoms with Crippen LogP contribution < -0.4 is 5.73 Å². The van der Waals surface area contributed by atoms with Gasteiger partial charge in [-0.05, 0) is 47.5 Å². The van der Waals surface area contributed by atoms with Crippen LogP contribution in [0.3, 0.4) is 0 Å². The number of benzene rings is 3. The average Bonchev–Trinajstić information content (AvgIpc) is 2.69. The van der Waals surface area contributed by atoms with Crippen molar-refractivity contribution in [3.63, 3.8) is 0 Å². The van der Waals surface area contributed by atoms with E-state index in [1.165, 1.54) is 16.4 Å². The second-order valence-corrected chi connectivity index (χ2v) is 8.65. The Bertz CT molecular complexity index is 1050. The molecule has 0 bridgehead atoms. The maximum atomic E-state index is 13.2. The maximum Gasteiger partial charge on any atom is 0.248 e. The third kappa shape index (κ3) is 4.78. The Kier molecular flexibility index (Phi) is 6.14. The Morgan fingerprint density at radius 3 is 1.89 bits per heavy atom. The molecular weight excluding hydrogens is 396 g/mol. The van der Waals surface area contributed by atoms with Crippen LogP contribution in [0, 0.1) is 0 Å². The van der Waals surface area contributed by atoms with Gasteiger partial charge < -0.3 is 5.73 Å². The first kappa shape index (κ1) is 20.1. The van der Waals surface area contributed by atoms with Crippen LogP contribution in [-0.2, 0) is 23.1 Å². The lowest BCUT2D eigenvalue weighted by Gasteiger charge is -2.23. The van der Waals surface area contributed by atoms with E-state index in [0.717, 1.165) is 11.1 Å². The van der Waals surface area contributed by atoms with Crippen LogP contribution in [0.2, 0.25) is 5.02 Å². The van der Waals surface area contributed by atoms with Crippen molar-refractivity contribution in [3.8, 4) is 0 Å².